The van der Waals surface area contributed by atoms with Gasteiger partial charge in [-0.1, -0.05) is 72.8 Å². The van der Waals surface area contributed by atoms with Crippen LogP contribution >= 0.6 is 0 Å². The van der Waals surface area contributed by atoms with E-state index < -0.39 is 5.41 Å². The molecule has 6 nitrogen and oxygen atoms in total. The van der Waals surface area contributed by atoms with Crippen LogP contribution in [0.4, 0.5) is 10.2 Å². The van der Waals surface area contributed by atoms with Crippen molar-refractivity contribution in [1.29, 1.82) is 0 Å². The van der Waals surface area contributed by atoms with Gasteiger partial charge in [0.05, 0.1) is 11.1 Å². The number of hydrogen-bond acceptors (Lipinski definition) is 3. The van der Waals surface area contributed by atoms with Crippen molar-refractivity contribution in [3.05, 3.63) is 108 Å². The van der Waals surface area contributed by atoms with E-state index >= 15 is 0 Å². The molecule has 1 aliphatic rings. The highest BCUT2D eigenvalue weighted by Crippen LogP contribution is 2.37. The van der Waals surface area contributed by atoms with Gasteiger partial charge in [-0.05, 0) is 42.5 Å². The summed E-state index contributed by atoms with van der Waals surface area (Å²) in [6.07, 6.45) is 1.96. The van der Waals surface area contributed by atoms with Crippen LogP contribution in [0, 0.1) is 5.82 Å². The third-order valence-electron chi connectivity index (χ3n) is 7.46. The predicted octanol–water partition coefficient (Wildman–Crippen LogP) is 5.36. The molecule has 3 aromatic carbocycles. The maximum absolute atomic E-state index is 13.9. The molecule has 1 fully saturated rings. The van der Waals surface area contributed by atoms with Crippen molar-refractivity contribution >= 4 is 17.6 Å². The number of amides is 2. The van der Waals surface area contributed by atoms with E-state index in [0.717, 1.165) is 22.4 Å². The summed E-state index contributed by atoms with van der Waals surface area (Å²) in [6.45, 7) is 0.983. The normalized spacial score (nSPS) is 14.7. The van der Waals surface area contributed by atoms with E-state index in [1.165, 1.54) is 12.1 Å². The Labute approximate surface area is 222 Å². The molecule has 0 bridgehead atoms. The van der Waals surface area contributed by atoms with Gasteiger partial charge in [-0.15, -0.1) is 0 Å². The molecule has 194 valence electrons. The molecule has 4 aromatic rings. The van der Waals surface area contributed by atoms with Crippen LogP contribution in [-0.2, 0) is 28.5 Å². The van der Waals surface area contributed by atoms with Crippen LogP contribution in [-0.4, -0.2) is 39.6 Å². The molecule has 1 N–H and O–H groups in total. The highest BCUT2D eigenvalue weighted by molar-refractivity contribution is 5.99. The monoisotopic (exact) mass is 510 g/mol. The van der Waals surface area contributed by atoms with Crippen molar-refractivity contribution in [2.75, 3.05) is 18.4 Å². The van der Waals surface area contributed by atoms with Crippen molar-refractivity contribution in [3.8, 4) is 11.3 Å². The lowest BCUT2D eigenvalue weighted by molar-refractivity contribution is -0.135. The zero-order valence-corrected chi connectivity index (χ0v) is 21.4. The minimum Gasteiger partial charge on any atom is -0.343 e. The molecule has 2 heterocycles. The molecule has 0 spiro atoms. The van der Waals surface area contributed by atoms with Crippen molar-refractivity contribution in [1.82, 2.24) is 14.7 Å². The summed E-state index contributed by atoms with van der Waals surface area (Å²) in [7, 11) is 1.82. The summed E-state index contributed by atoms with van der Waals surface area (Å²) in [4.78, 5) is 28.7. The number of benzene rings is 3. The van der Waals surface area contributed by atoms with Gasteiger partial charge < -0.3 is 10.2 Å². The quantitative estimate of drug-likeness (QED) is 0.364. The van der Waals surface area contributed by atoms with Gasteiger partial charge in [0.25, 0.3) is 0 Å². The third kappa shape index (κ3) is 5.37. The molecule has 0 radical (unpaired) electrons. The molecular weight excluding hydrogens is 479 g/mol. The van der Waals surface area contributed by atoms with Crippen molar-refractivity contribution < 1.29 is 14.0 Å². The smallest absolute Gasteiger partial charge is 0.236 e. The fraction of sp³-hybridized carbons (Fsp3) is 0.258. The molecule has 0 saturated carbocycles. The first-order valence-corrected chi connectivity index (χ1v) is 12.9. The third-order valence-corrected chi connectivity index (χ3v) is 7.46. The van der Waals surface area contributed by atoms with Gasteiger partial charge in [0.1, 0.15) is 11.6 Å². The van der Waals surface area contributed by atoms with E-state index in [-0.39, 0.29) is 17.6 Å². The highest BCUT2D eigenvalue weighted by Gasteiger charge is 2.44. The number of nitrogens with one attached hydrogen (secondary N) is 1. The SMILES string of the molecule is Cn1nc(-c2ccccc2)cc1NC(=O)C1(c2ccccc2)CCN(C(=O)CCc2ccc(F)cc2)CC1. The number of aromatic nitrogens is 2. The lowest BCUT2D eigenvalue weighted by atomic mass is 9.72. The summed E-state index contributed by atoms with van der Waals surface area (Å²) in [5, 5.41) is 7.72. The number of piperidine rings is 1. The predicted molar refractivity (Wildman–Crippen MR) is 146 cm³/mol. The average molecular weight is 511 g/mol. The molecule has 2 amide bonds. The Morgan fingerprint density at radius 3 is 2.21 bits per heavy atom. The number of halogens is 1. The number of likely N-dealkylation sites (tertiary alicyclic amines) is 1. The van der Waals surface area contributed by atoms with Gasteiger partial charge in [0.2, 0.25) is 11.8 Å². The second kappa shape index (κ2) is 11.0. The second-order valence-electron chi connectivity index (χ2n) is 9.81. The first-order valence-electron chi connectivity index (χ1n) is 12.9. The molecule has 0 aliphatic carbocycles. The molecule has 38 heavy (non-hydrogen) atoms. The van der Waals surface area contributed by atoms with Crippen LogP contribution in [0.15, 0.2) is 91.0 Å². The van der Waals surface area contributed by atoms with Gasteiger partial charge in [0, 0.05) is 38.2 Å². The Kier molecular flexibility index (Phi) is 7.36. The maximum atomic E-state index is 13.9. The Balaban J connectivity index is 1.30. The van der Waals surface area contributed by atoms with Crippen LogP contribution in [0.2, 0.25) is 0 Å². The fourth-order valence-corrected chi connectivity index (χ4v) is 5.17. The van der Waals surface area contributed by atoms with Gasteiger partial charge >= 0.3 is 0 Å². The minimum atomic E-state index is -0.758. The number of hydrogen-bond donors (Lipinski definition) is 1. The molecule has 5 rings (SSSR count). The highest BCUT2D eigenvalue weighted by atomic mass is 19.1. The fourth-order valence-electron chi connectivity index (χ4n) is 5.17. The van der Waals surface area contributed by atoms with Crippen molar-refractivity contribution in [3.63, 3.8) is 0 Å². The number of carbonyl (C=O) groups excluding carboxylic acids is 2. The topological polar surface area (TPSA) is 67.2 Å². The van der Waals surface area contributed by atoms with Gasteiger partial charge in [0.15, 0.2) is 0 Å². The zero-order chi connectivity index (χ0) is 26.5. The average Bonchev–Trinajstić information content (AvgIpc) is 3.33. The number of carbonyl (C=O) groups is 2. The minimum absolute atomic E-state index is 0.0514. The van der Waals surface area contributed by atoms with E-state index in [1.807, 2.05) is 78.7 Å². The second-order valence-corrected chi connectivity index (χ2v) is 9.81. The van der Waals surface area contributed by atoms with Gasteiger partial charge in [-0.3, -0.25) is 14.3 Å². The number of anilines is 1. The van der Waals surface area contributed by atoms with Crippen LogP contribution in [0.3, 0.4) is 0 Å². The van der Waals surface area contributed by atoms with Crippen LogP contribution in [0.25, 0.3) is 11.3 Å². The molecule has 0 unspecified atom stereocenters. The lowest BCUT2D eigenvalue weighted by Gasteiger charge is -2.41. The maximum Gasteiger partial charge on any atom is 0.236 e. The van der Waals surface area contributed by atoms with Gasteiger partial charge in [-0.2, -0.15) is 5.10 Å². The molecule has 1 aliphatic heterocycles. The van der Waals surface area contributed by atoms with E-state index in [2.05, 4.69) is 10.4 Å². The Bertz CT molecular complexity index is 1390. The molecular formula is C31H31FN4O2. The van der Waals surface area contributed by atoms with E-state index in [4.69, 9.17) is 0 Å². The molecule has 1 saturated heterocycles. The summed E-state index contributed by atoms with van der Waals surface area (Å²) in [5.41, 5.74) is 2.89. The van der Waals surface area contributed by atoms with Crippen molar-refractivity contribution in [2.45, 2.75) is 31.1 Å². The summed E-state index contributed by atoms with van der Waals surface area (Å²) in [6, 6.07) is 27.8. The molecule has 1 aromatic heterocycles. The van der Waals surface area contributed by atoms with Crippen molar-refractivity contribution in [2.24, 2.45) is 7.05 Å². The zero-order valence-electron chi connectivity index (χ0n) is 21.4. The summed E-state index contributed by atoms with van der Waals surface area (Å²) >= 11 is 0. The van der Waals surface area contributed by atoms with E-state index in [1.54, 1.807) is 16.8 Å². The largest absolute Gasteiger partial charge is 0.343 e. The first-order chi connectivity index (χ1) is 18.4. The lowest BCUT2D eigenvalue weighted by Crippen LogP contribution is -2.51. The summed E-state index contributed by atoms with van der Waals surface area (Å²) < 4.78 is 14.9. The van der Waals surface area contributed by atoms with E-state index in [9.17, 15) is 14.0 Å². The first kappa shape index (κ1) is 25.4. The van der Waals surface area contributed by atoms with Crippen LogP contribution in [0.5, 0.6) is 0 Å². The van der Waals surface area contributed by atoms with Gasteiger partial charge in [-0.25, -0.2) is 4.39 Å². The Morgan fingerprint density at radius 1 is 0.921 bits per heavy atom. The number of aryl methyl sites for hydroxylation is 2. The number of nitrogens with zero attached hydrogens (tertiary/aromatic N) is 3. The Hall–Kier alpha value is -4.26. The molecule has 7 heteroatoms. The standard InChI is InChI=1S/C31H31FN4O2/c1-35-28(22-27(34-35)24-8-4-2-5-9-24)33-30(38)31(25-10-6-3-7-11-25)18-20-36(21-19-31)29(37)17-14-23-12-15-26(32)16-13-23/h2-13,15-16,22H,14,17-21H2,1H3,(H,33,38). The number of rotatable bonds is 7. The van der Waals surface area contributed by atoms with Crippen LogP contribution < -0.4 is 5.32 Å². The summed E-state index contributed by atoms with van der Waals surface area (Å²) in [5.74, 6) is 0.302. The van der Waals surface area contributed by atoms with E-state index in [0.29, 0.717) is 44.6 Å². The Morgan fingerprint density at radius 2 is 1.55 bits per heavy atom. The molecule has 0 atom stereocenters. The van der Waals surface area contributed by atoms with Crippen LogP contribution in [0.1, 0.15) is 30.4 Å².